The minimum atomic E-state index is -0.158. The minimum absolute atomic E-state index is 0.158. The number of benzene rings is 1. The van der Waals surface area contributed by atoms with E-state index in [0.29, 0.717) is 6.04 Å². The van der Waals surface area contributed by atoms with Crippen molar-refractivity contribution >= 4 is 11.8 Å². The summed E-state index contributed by atoms with van der Waals surface area (Å²) in [4.78, 5) is 0. The highest BCUT2D eigenvalue weighted by atomic mass is 32.2. The third kappa shape index (κ3) is 4.14. The Morgan fingerprint density at radius 3 is 2.72 bits per heavy atom. The summed E-state index contributed by atoms with van der Waals surface area (Å²) in [5, 5.41) is 3.60. The van der Waals surface area contributed by atoms with Crippen molar-refractivity contribution in [3.05, 3.63) is 48.3 Å². The average Bonchev–Trinajstić information content (AvgIpc) is 3.20. The third-order valence-corrected chi connectivity index (χ3v) is 4.13. The highest BCUT2D eigenvalue weighted by Gasteiger charge is 2.31. The molecule has 1 saturated carbocycles. The van der Waals surface area contributed by atoms with E-state index in [9.17, 15) is 4.39 Å². The quantitative estimate of drug-likeness (QED) is 0.567. The van der Waals surface area contributed by atoms with E-state index in [1.54, 1.807) is 12.1 Å². The van der Waals surface area contributed by atoms with Crippen molar-refractivity contribution < 1.29 is 4.39 Å². The molecule has 0 amide bonds. The first-order chi connectivity index (χ1) is 8.81. The first-order valence-electron chi connectivity index (χ1n) is 6.48. The molecule has 18 heavy (non-hydrogen) atoms. The predicted molar refractivity (Wildman–Crippen MR) is 77.4 cm³/mol. The van der Waals surface area contributed by atoms with Crippen LogP contribution in [0.3, 0.4) is 0 Å². The molecule has 1 aromatic rings. The third-order valence-electron chi connectivity index (χ3n) is 3.17. The summed E-state index contributed by atoms with van der Waals surface area (Å²) < 4.78 is 12.9. The lowest BCUT2D eigenvalue weighted by Gasteiger charge is -2.18. The smallest absolute Gasteiger partial charge is 0.123 e. The standard InChI is InChI=1S/C15H20FNS/c1-2-10-18-11-9-17-15(12-3-4-12)13-5-7-14(16)8-6-13/h2,5-8,12,15,17H,1,3-4,9-11H2. The van der Waals surface area contributed by atoms with Crippen LogP contribution in [0.1, 0.15) is 24.4 Å². The summed E-state index contributed by atoms with van der Waals surface area (Å²) >= 11 is 1.88. The van der Waals surface area contributed by atoms with Gasteiger partial charge in [0.2, 0.25) is 0 Å². The molecule has 0 aromatic heterocycles. The molecule has 0 saturated heterocycles. The number of thioether (sulfide) groups is 1. The van der Waals surface area contributed by atoms with Gasteiger partial charge in [-0.25, -0.2) is 4.39 Å². The fraction of sp³-hybridized carbons (Fsp3) is 0.467. The highest BCUT2D eigenvalue weighted by molar-refractivity contribution is 7.99. The van der Waals surface area contributed by atoms with Crippen molar-refractivity contribution in [2.45, 2.75) is 18.9 Å². The van der Waals surface area contributed by atoms with E-state index >= 15 is 0 Å². The molecule has 1 aliphatic carbocycles. The number of hydrogen-bond donors (Lipinski definition) is 1. The lowest BCUT2D eigenvalue weighted by atomic mass is 10.0. The second-order valence-electron chi connectivity index (χ2n) is 4.68. The van der Waals surface area contributed by atoms with Crippen LogP contribution in [0.4, 0.5) is 4.39 Å². The first kappa shape index (κ1) is 13.6. The van der Waals surface area contributed by atoms with Crippen molar-refractivity contribution in [1.29, 1.82) is 0 Å². The lowest BCUT2D eigenvalue weighted by Crippen LogP contribution is -2.25. The molecule has 0 spiro atoms. The van der Waals surface area contributed by atoms with Crippen LogP contribution in [0, 0.1) is 11.7 Å². The van der Waals surface area contributed by atoms with Crippen molar-refractivity contribution in [1.82, 2.24) is 5.32 Å². The summed E-state index contributed by atoms with van der Waals surface area (Å²) in [7, 11) is 0. The number of nitrogens with one attached hydrogen (secondary N) is 1. The van der Waals surface area contributed by atoms with Gasteiger partial charge in [0.15, 0.2) is 0 Å². The first-order valence-corrected chi connectivity index (χ1v) is 7.64. The Labute approximate surface area is 113 Å². The molecule has 1 aliphatic rings. The maximum atomic E-state index is 12.9. The topological polar surface area (TPSA) is 12.0 Å². The van der Waals surface area contributed by atoms with E-state index < -0.39 is 0 Å². The predicted octanol–water partition coefficient (Wildman–Crippen LogP) is 3.79. The Bertz CT molecular complexity index is 373. The summed E-state index contributed by atoms with van der Waals surface area (Å²) in [6.45, 7) is 4.71. The van der Waals surface area contributed by atoms with Gasteiger partial charge in [-0.2, -0.15) is 11.8 Å². The normalized spacial score (nSPS) is 16.5. The molecule has 1 fully saturated rings. The van der Waals surface area contributed by atoms with E-state index in [4.69, 9.17) is 0 Å². The van der Waals surface area contributed by atoms with Crippen molar-refractivity contribution in [3.8, 4) is 0 Å². The Morgan fingerprint density at radius 2 is 2.11 bits per heavy atom. The van der Waals surface area contributed by atoms with E-state index in [0.717, 1.165) is 24.0 Å². The molecule has 0 heterocycles. The Morgan fingerprint density at radius 1 is 1.39 bits per heavy atom. The summed E-state index contributed by atoms with van der Waals surface area (Å²) in [6, 6.07) is 7.32. The van der Waals surface area contributed by atoms with Crippen molar-refractivity contribution in [2.75, 3.05) is 18.1 Å². The minimum Gasteiger partial charge on any atom is -0.309 e. The molecule has 1 atom stereocenters. The van der Waals surface area contributed by atoms with Crippen LogP contribution >= 0.6 is 11.8 Å². The zero-order valence-electron chi connectivity index (χ0n) is 10.6. The van der Waals surface area contributed by atoms with Gasteiger partial charge in [0, 0.05) is 24.1 Å². The number of halogens is 1. The van der Waals surface area contributed by atoms with Crippen LogP contribution in [-0.2, 0) is 0 Å². The summed E-state index contributed by atoms with van der Waals surface area (Å²) in [6.07, 6.45) is 4.51. The van der Waals surface area contributed by atoms with Crippen LogP contribution in [0.2, 0.25) is 0 Å². The molecule has 2 rings (SSSR count). The van der Waals surface area contributed by atoms with Crippen molar-refractivity contribution in [3.63, 3.8) is 0 Å². The van der Waals surface area contributed by atoms with Gasteiger partial charge < -0.3 is 5.32 Å². The molecule has 98 valence electrons. The van der Waals surface area contributed by atoms with Crippen molar-refractivity contribution in [2.24, 2.45) is 5.92 Å². The molecule has 0 bridgehead atoms. The van der Waals surface area contributed by atoms with Gasteiger partial charge in [0.25, 0.3) is 0 Å². The molecular formula is C15H20FNS. The molecule has 1 nitrogen and oxygen atoms in total. The second-order valence-corrected chi connectivity index (χ2v) is 5.83. The SMILES string of the molecule is C=CCSCCNC(c1ccc(F)cc1)C1CC1. The van der Waals surface area contributed by atoms with Crippen LogP contribution in [0.5, 0.6) is 0 Å². The summed E-state index contributed by atoms with van der Waals surface area (Å²) in [5.74, 6) is 2.68. The molecule has 1 unspecified atom stereocenters. The molecule has 0 radical (unpaired) electrons. The maximum Gasteiger partial charge on any atom is 0.123 e. The highest BCUT2D eigenvalue weighted by Crippen LogP contribution is 2.40. The van der Waals surface area contributed by atoms with Gasteiger partial charge in [-0.3, -0.25) is 0 Å². The Kier molecular flexibility index (Phi) is 5.26. The molecule has 3 heteroatoms. The molecular weight excluding hydrogens is 245 g/mol. The van der Waals surface area contributed by atoms with Crippen LogP contribution in [0.25, 0.3) is 0 Å². The fourth-order valence-electron chi connectivity index (χ4n) is 2.11. The van der Waals surface area contributed by atoms with Gasteiger partial charge in [-0.05, 0) is 36.5 Å². The van der Waals surface area contributed by atoms with E-state index in [1.165, 1.54) is 18.4 Å². The van der Waals surface area contributed by atoms with E-state index in [-0.39, 0.29) is 5.82 Å². The van der Waals surface area contributed by atoms with Gasteiger partial charge in [-0.15, -0.1) is 6.58 Å². The van der Waals surface area contributed by atoms with Gasteiger partial charge >= 0.3 is 0 Å². The zero-order chi connectivity index (χ0) is 12.8. The monoisotopic (exact) mass is 265 g/mol. The van der Waals surface area contributed by atoms with Crippen LogP contribution < -0.4 is 5.32 Å². The van der Waals surface area contributed by atoms with Crippen LogP contribution in [-0.4, -0.2) is 18.1 Å². The average molecular weight is 265 g/mol. The van der Waals surface area contributed by atoms with Gasteiger partial charge in [0.1, 0.15) is 5.82 Å². The summed E-state index contributed by atoms with van der Waals surface area (Å²) in [5.41, 5.74) is 1.22. The maximum absolute atomic E-state index is 12.9. The van der Waals surface area contributed by atoms with Crippen LogP contribution in [0.15, 0.2) is 36.9 Å². The van der Waals surface area contributed by atoms with Gasteiger partial charge in [-0.1, -0.05) is 18.2 Å². The number of rotatable bonds is 8. The fourth-order valence-corrected chi connectivity index (χ4v) is 2.71. The number of hydrogen-bond acceptors (Lipinski definition) is 2. The lowest BCUT2D eigenvalue weighted by molar-refractivity contribution is 0.497. The molecule has 0 aliphatic heterocycles. The molecule has 1 aromatic carbocycles. The second kappa shape index (κ2) is 6.95. The van der Waals surface area contributed by atoms with E-state index in [2.05, 4.69) is 11.9 Å². The molecule has 1 N–H and O–H groups in total. The Hall–Kier alpha value is -0.800. The Balaban J connectivity index is 1.84. The zero-order valence-corrected chi connectivity index (χ0v) is 11.4. The van der Waals surface area contributed by atoms with E-state index in [1.807, 2.05) is 30.0 Å². The largest absolute Gasteiger partial charge is 0.309 e. The van der Waals surface area contributed by atoms with Gasteiger partial charge in [0.05, 0.1) is 0 Å².